The van der Waals surface area contributed by atoms with E-state index in [-0.39, 0.29) is 60.1 Å². The first kappa shape index (κ1) is 66.8. The second-order valence-corrected chi connectivity index (χ2v) is 18.9. The van der Waals surface area contributed by atoms with E-state index < -0.39 is 70.2 Å². The van der Waals surface area contributed by atoms with Crippen LogP contribution in [0.3, 0.4) is 0 Å². The van der Waals surface area contributed by atoms with Crippen LogP contribution in [-0.2, 0) is 50.6 Å². The molecule has 0 spiro atoms. The third-order valence-corrected chi connectivity index (χ3v) is 10.9. The summed E-state index contributed by atoms with van der Waals surface area (Å²) in [4.78, 5) is 78.5. The van der Waals surface area contributed by atoms with Gasteiger partial charge < -0.3 is 39.6 Å². The molecule has 0 aliphatic rings. The number of nitrogens with zero attached hydrogens (tertiary/aromatic N) is 3. The zero-order valence-electron chi connectivity index (χ0n) is 40.2. The number of ether oxygens (including phenoxy) is 4. The Hall–Kier alpha value is -5.25. The second kappa shape index (κ2) is 33.5. The molecule has 0 fully saturated rings. The minimum atomic E-state index is -4.61. The average Bonchev–Trinajstić information content (AvgIpc) is 3.31. The molecule has 3 unspecified atom stereocenters. The smallest absolute Gasteiger partial charge is 0.416 e. The van der Waals surface area contributed by atoms with Crippen molar-refractivity contribution in [2.45, 2.75) is 70.6 Å². The van der Waals surface area contributed by atoms with E-state index in [4.69, 9.17) is 81.1 Å². The third kappa shape index (κ3) is 24.4. The monoisotopic (exact) mass is 1120 g/mol. The fourth-order valence-corrected chi connectivity index (χ4v) is 6.83. The van der Waals surface area contributed by atoms with Crippen molar-refractivity contribution in [3.8, 4) is 11.5 Å². The molecule has 2 amide bonds. The zero-order valence-corrected chi connectivity index (χ0v) is 44.1. The molecule has 3 aromatic rings. The lowest BCUT2D eigenvalue weighted by Crippen LogP contribution is -2.35. The quantitative estimate of drug-likeness (QED) is 0.0161. The SMILES string of the molecule is C=CCN(CC=C)C(=O)C(Cl)Cl.CCOC(=O)C(C)OC(=O)c1cc(Oc2ccc(C(F)(F)F)cc2Cl)ccc1[N+](=O)[O-].CCOCN(C(=O)CCl)c1c(C)cccc1CC.CP(=O)(O)CCC(N)C(=O)O. The highest BCUT2D eigenvalue weighted by molar-refractivity contribution is 7.57. The van der Waals surface area contributed by atoms with Gasteiger partial charge in [-0.05, 0) is 75.9 Å². The van der Waals surface area contributed by atoms with Crippen molar-refractivity contribution < 1.29 is 75.6 Å². The second-order valence-electron chi connectivity index (χ2n) is 14.6. The summed E-state index contributed by atoms with van der Waals surface area (Å²) in [5.74, 6) is -3.99. The summed E-state index contributed by atoms with van der Waals surface area (Å²) >= 11 is 22.3. The van der Waals surface area contributed by atoms with Gasteiger partial charge in [0.15, 0.2) is 18.3 Å². The molecule has 0 saturated heterocycles. The van der Waals surface area contributed by atoms with Crippen LogP contribution >= 0.6 is 53.8 Å². The molecule has 0 aromatic heterocycles. The largest absolute Gasteiger partial charge is 0.480 e. The van der Waals surface area contributed by atoms with Gasteiger partial charge in [-0.2, -0.15) is 13.2 Å². The molecule has 3 rings (SSSR count). The van der Waals surface area contributed by atoms with Crippen LogP contribution in [0.4, 0.5) is 24.5 Å². The van der Waals surface area contributed by atoms with Crippen molar-refractivity contribution in [3.63, 3.8) is 0 Å². The summed E-state index contributed by atoms with van der Waals surface area (Å²) in [5.41, 5.74) is 6.05. The van der Waals surface area contributed by atoms with E-state index in [9.17, 15) is 51.8 Å². The van der Waals surface area contributed by atoms with Crippen LogP contribution in [0.5, 0.6) is 11.5 Å². The van der Waals surface area contributed by atoms with Gasteiger partial charge in [0.05, 0.1) is 27.8 Å². The van der Waals surface area contributed by atoms with E-state index in [1.807, 2.05) is 32.0 Å². The lowest BCUT2D eigenvalue weighted by molar-refractivity contribution is -0.385. The summed E-state index contributed by atoms with van der Waals surface area (Å²) in [7, 11) is -3.10. The Kier molecular flexibility index (Phi) is 31.0. The van der Waals surface area contributed by atoms with Crippen molar-refractivity contribution in [2.24, 2.45) is 5.73 Å². The van der Waals surface area contributed by atoms with E-state index in [1.54, 1.807) is 24.0 Å². The van der Waals surface area contributed by atoms with Gasteiger partial charge in [0.1, 0.15) is 35.7 Å². The van der Waals surface area contributed by atoms with Crippen LogP contribution in [0.2, 0.25) is 5.02 Å². The fourth-order valence-electron chi connectivity index (χ4n) is 5.43. The van der Waals surface area contributed by atoms with Gasteiger partial charge in [0.2, 0.25) is 5.91 Å². The van der Waals surface area contributed by atoms with Crippen molar-refractivity contribution >= 4 is 94.9 Å². The van der Waals surface area contributed by atoms with Gasteiger partial charge in [-0.15, -0.1) is 24.8 Å². The van der Waals surface area contributed by atoms with E-state index in [1.165, 1.54) is 18.5 Å². The van der Waals surface area contributed by atoms with E-state index in [0.29, 0.717) is 25.8 Å². The number of nitro groups is 1. The molecule has 18 nitrogen and oxygen atoms in total. The molecule has 4 N–H and O–H groups in total. The summed E-state index contributed by atoms with van der Waals surface area (Å²) < 4.78 is 69.2. The number of aliphatic carboxylic acids is 1. The lowest BCUT2D eigenvalue weighted by Gasteiger charge is -2.25. The number of hydrogen-bond donors (Lipinski definition) is 3. The number of anilines is 1. The number of carbonyl (C=O) groups excluding carboxylic acids is 4. The summed E-state index contributed by atoms with van der Waals surface area (Å²) in [6, 6.07) is 10.4. The highest BCUT2D eigenvalue weighted by Crippen LogP contribution is 2.38. The maximum atomic E-state index is 12.8. The van der Waals surface area contributed by atoms with Gasteiger partial charge in [0.25, 0.3) is 11.6 Å². The number of hydrogen-bond acceptors (Lipinski definition) is 13. The summed E-state index contributed by atoms with van der Waals surface area (Å²) in [6.45, 7) is 18.7. The molecule has 26 heteroatoms. The van der Waals surface area contributed by atoms with E-state index >= 15 is 0 Å². The first-order valence-corrected chi connectivity index (χ1v) is 25.4. The van der Waals surface area contributed by atoms with Crippen molar-refractivity contribution in [3.05, 3.63) is 117 Å². The summed E-state index contributed by atoms with van der Waals surface area (Å²) in [6.07, 6.45) is -1.85. The molecule has 0 radical (unpaired) electrons. The molecular formula is C46H58Cl4F3N4O14P. The van der Waals surface area contributed by atoms with Crippen LogP contribution in [0, 0.1) is 17.0 Å². The Morgan fingerprint density at radius 3 is 2.07 bits per heavy atom. The maximum Gasteiger partial charge on any atom is 0.416 e. The number of carboxylic acids is 1. The van der Waals surface area contributed by atoms with Crippen LogP contribution in [-0.4, -0.2) is 118 Å². The predicted molar refractivity (Wildman–Crippen MR) is 270 cm³/mol. The first-order chi connectivity index (χ1) is 33.5. The minimum absolute atomic E-state index is 0.0371. The molecule has 0 aliphatic carbocycles. The Bertz CT molecular complexity index is 2350. The number of rotatable bonds is 22. The van der Waals surface area contributed by atoms with E-state index in [2.05, 4.69) is 20.1 Å². The van der Waals surface area contributed by atoms with Gasteiger partial charge in [-0.3, -0.25) is 34.0 Å². The Morgan fingerprint density at radius 1 is 1.00 bits per heavy atom. The number of carboxylic acid groups (broad SMARTS) is 1. The molecule has 3 atom stereocenters. The minimum Gasteiger partial charge on any atom is -0.480 e. The number of alkyl halides is 6. The molecule has 0 heterocycles. The number of amides is 2. The van der Waals surface area contributed by atoms with Crippen LogP contribution in [0.1, 0.15) is 61.2 Å². The Morgan fingerprint density at radius 2 is 1.61 bits per heavy atom. The van der Waals surface area contributed by atoms with Gasteiger partial charge in [-0.1, -0.05) is 72.1 Å². The first-order valence-electron chi connectivity index (χ1n) is 21.3. The Labute approximate surface area is 435 Å². The molecule has 0 aliphatic heterocycles. The molecule has 0 saturated carbocycles. The van der Waals surface area contributed by atoms with Crippen LogP contribution < -0.4 is 15.4 Å². The number of carbonyl (C=O) groups is 5. The number of para-hydroxylation sites is 1. The average molecular weight is 1120 g/mol. The number of nitrogens with two attached hydrogens (primary N) is 1. The molecular weight excluding hydrogens is 1060 g/mol. The molecule has 400 valence electrons. The number of aryl methyl sites for hydroxylation is 2. The fraction of sp³-hybridized carbons (Fsp3) is 0.413. The van der Waals surface area contributed by atoms with Crippen molar-refractivity contribution in [1.82, 2.24) is 4.90 Å². The predicted octanol–water partition coefficient (Wildman–Crippen LogP) is 9.97. The van der Waals surface area contributed by atoms with Gasteiger partial charge in [-0.25, -0.2) is 9.59 Å². The van der Waals surface area contributed by atoms with Crippen molar-refractivity contribution in [1.29, 1.82) is 0 Å². The van der Waals surface area contributed by atoms with Crippen molar-refractivity contribution in [2.75, 3.05) is 56.6 Å². The highest BCUT2D eigenvalue weighted by Gasteiger charge is 2.32. The lowest BCUT2D eigenvalue weighted by atomic mass is 10.0. The molecule has 3 aromatic carbocycles. The normalized spacial score (nSPS) is 12.3. The number of benzene rings is 3. The highest BCUT2D eigenvalue weighted by atomic mass is 35.5. The number of halogens is 7. The third-order valence-electron chi connectivity index (χ3n) is 8.96. The van der Waals surface area contributed by atoms with Crippen LogP contribution in [0.25, 0.3) is 0 Å². The van der Waals surface area contributed by atoms with Gasteiger partial charge >= 0.3 is 24.1 Å². The molecule has 72 heavy (non-hydrogen) atoms. The van der Waals surface area contributed by atoms with Gasteiger partial charge in [0, 0.05) is 44.7 Å². The number of nitro benzene ring substituents is 1. The van der Waals surface area contributed by atoms with E-state index in [0.717, 1.165) is 53.6 Å². The van der Waals surface area contributed by atoms with Crippen LogP contribution in [0.15, 0.2) is 79.9 Å². The maximum absolute atomic E-state index is 12.8. The standard InChI is InChI=1S/C19H15ClF3NO7.C14H20ClNO2.C8H11Cl2NO.C5H12NO4P/c1-3-29-17(25)10(2)30-18(26)13-9-12(5-6-15(13)24(27)28)31-16-7-4-11(8-14(16)20)19(21,22)23;1-4-12-8-6-7-11(3)14(12)16(10-18-5-2)13(17)9-15;1-3-5-11(6-4-2)8(12)7(9)10;1-11(9,10)3-2-4(6)5(7)8/h4-10H,3H2,1-2H3;6-8H,4-5,9-10H2,1-3H3;3-4,7H,1-2,5-6H2;4H,2-3,6H2,1H3,(H,7,8)(H,9,10). The summed E-state index contributed by atoms with van der Waals surface area (Å²) in [5, 5.41) is 19.2. The Balaban J connectivity index is 0.00000104. The number of esters is 2. The topological polar surface area (TPSA) is 255 Å². The zero-order chi connectivity index (χ0) is 55.5. The molecule has 0 bridgehead atoms.